The number of carbonyl (C=O) groups excluding carboxylic acids is 1. The highest BCUT2D eigenvalue weighted by molar-refractivity contribution is 7.99. The molecule has 0 saturated carbocycles. The molecule has 0 bridgehead atoms. The number of primary amides is 1. The summed E-state index contributed by atoms with van der Waals surface area (Å²) in [7, 11) is 0. The Morgan fingerprint density at radius 3 is 2.50 bits per heavy atom. The Balaban J connectivity index is 2.42. The summed E-state index contributed by atoms with van der Waals surface area (Å²) in [4.78, 5) is 12.3. The van der Waals surface area contributed by atoms with Crippen molar-refractivity contribution in [3.05, 3.63) is 52.5 Å². The van der Waals surface area contributed by atoms with Crippen LogP contribution in [0.5, 0.6) is 11.5 Å². The van der Waals surface area contributed by atoms with E-state index in [2.05, 4.69) is 0 Å². The molecule has 2 N–H and O–H groups in total. The minimum atomic E-state index is -4.59. The molecule has 0 aromatic heterocycles. The molecule has 0 radical (unpaired) electrons. The zero-order chi connectivity index (χ0) is 19.5. The summed E-state index contributed by atoms with van der Waals surface area (Å²) in [6.45, 7) is 3.43. The van der Waals surface area contributed by atoms with Crippen LogP contribution in [0.3, 0.4) is 0 Å². The SMILES string of the molecule is CCSc1ccc(Oc2cc(C(C)C(N)=O)cc(C(F)(F)F)c2)c(Cl)c1. The maximum atomic E-state index is 13.2. The molecule has 0 heterocycles. The van der Waals surface area contributed by atoms with Gasteiger partial charge in [-0.1, -0.05) is 18.5 Å². The van der Waals surface area contributed by atoms with Gasteiger partial charge in [-0.25, -0.2) is 0 Å². The second kappa shape index (κ2) is 8.22. The summed E-state index contributed by atoms with van der Waals surface area (Å²) in [5, 5.41) is 0.283. The topological polar surface area (TPSA) is 52.3 Å². The number of thioether (sulfide) groups is 1. The first-order valence-corrected chi connectivity index (χ1v) is 9.10. The van der Waals surface area contributed by atoms with Gasteiger partial charge in [0.05, 0.1) is 16.5 Å². The Bertz CT molecular complexity index is 812. The van der Waals surface area contributed by atoms with Crippen molar-refractivity contribution < 1.29 is 22.7 Å². The summed E-state index contributed by atoms with van der Waals surface area (Å²) >= 11 is 7.74. The fourth-order valence-electron chi connectivity index (χ4n) is 2.21. The Hall–Kier alpha value is -1.86. The predicted molar refractivity (Wildman–Crippen MR) is 97.0 cm³/mol. The molecule has 0 aliphatic heterocycles. The van der Waals surface area contributed by atoms with Crippen LogP contribution >= 0.6 is 23.4 Å². The number of amides is 1. The molecule has 1 unspecified atom stereocenters. The number of hydrogen-bond acceptors (Lipinski definition) is 3. The number of nitrogens with two attached hydrogens (primary N) is 1. The molecule has 26 heavy (non-hydrogen) atoms. The molecule has 0 saturated heterocycles. The molecule has 0 spiro atoms. The number of carbonyl (C=O) groups is 1. The van der Waals surface area contributed by atoms with Crippen LogP contribution in [0.4, 0.5) is 13.2 Å². The van der Waals surface area contributed by atoms with Crippen LogP contribution in [-0.2, 0) is 11.0 Å². The lowest BCUT2D eigenvalue weighted by molar-refractivity contribution is -0.137. The third-order valence-electron chi connectivity index (χ3n) is 3.63. The van der Waals surface area contributed by atoms with Gasteiger partial charge < -0.3 is 10.5 Å². The van der Waals surface area contributed by atoms with Crippen molar-refractivity contribution >= 4 is 29.3 Å². The first-order valence-electron chi connectivity index (χ1n) is 7.73. The van der Waals surface area contributed by atoms with E-state index in [4.69, 9.17) is 22.1 Å². The molecule has 140 valence electrons. The van der Waals surface area contributed by atoms with Gasteiger partial charge in [0.2, 0.25) is 5.91 Å². The average molecular weight is 404 g/mol. The Labute approximate surface area is 158 Å². The zero-order valence-corrected chi connectivity index (χ0v) is 15.6. The third kappa shape index (κ3) is 5.08. The van der Waals surface area contributed by atoms with Gasteiger partial charge in [-0.3, -0.25) is 4.79 Å². The third-order valence-corrected chi connectivity index (χ3v) is 4.80. The molecule has 1 amide bonds. The predicted octanol–water partition coefficient (Wildman–Crippen LogP) is 5.85. The highest BCUT2D eigenvalue weighted by atomic mass is 35.5. The summed E-state index contributed by atoms with van der Waals surface area (Å²) in [6, 6.07) is 8.17. The summed E-state index contributed by atoms with van der Waals surface area (Å²) in [5.41, 5.74) is 4.41. The second-order valence-electron chi connectivity index (χ2n) is 5.54. The molecule has 0 aliphatic rings. The van der Waals surface area contributed by atoms with Crippen LogP contribution in [0, 0.1) is 0 Å². The van der Waals surface area contributed by atoms with Gasteiger partial charge in [0.25, 0.3) is 0 Å². The number of benzene rings is 2. The number of ether oxygens (including phenoxy) is 1. The van der Waals surface area contributed by atoms with E-state index in [9.17, 15) is 18.0 Å². The van der Waals surface area contributed by atoms with E-state index in [0.717, 1.165) is 22.8 Å². The van der Waals surface area contributed by atoms with E-state index in [1.165, 1.54) is 13.0 Å². The van der Waals surface area contributed by atoms with Crippen LogP contribution in [0.1, 0.15) is 30.9 Å². The van der Waals surface area contributed by atoms with Gasteiger partial charge in [-0.05, 0) is 54.6 Å². The molecule has 0 aliphatic carbocycles. The van der Waals surface area contributed by atoms with Gasteiger partial charge in [0.15, 0.2) is 0 Å². The van der Waals surface area contributed by atoms with Crippen molar-refractivity contribution in [1.29, 1.82) is 0 Å². The largest absolute Gasteiger partial charge is 0.456 e. The first-order chi connectivity index (χ1) is 12.1. The number of halogens is 4. The van der Waals surface area contributed by atoms with E-state index in [0.29, 0.717) is 0 Å². The van der Waals surface area contributed by atoms with Crippen molar-refractivity contribution in [1.82, 2.24) is 0 Å². The molecule has 8 heteroatoms. The minimum Gasteiger partial charge on any atom is -0.456 e. The van der Waals surface area contributed by atoms with Gasteiger partial charge in [-0.2, -0.15) is 13.2 Å². The number of alkyl halides is 3. The first kappa shape index (κ1) is 20.5. The molecular formula is C18H17ClF3NO2S. The van der Waals surface area contributed by atoms with E-state index in [-0.39, 0.29) is 22.1 Å². The van der Waals surface area contributed by atoms with Gasteiger partial charge in [0, 0.05) is 4.90 Å². The average Bonchev–Trinajstić information content (AvgIpc) is 2.55. The quantitative estimate of drug-likeness (QED) is 0.615. The van der Waals surface area contributed by atoms with Crippen molar-refractivity contribution in [3.63, 3.8) is 0 Å². The van der Waals surface area contributed by atoms with Gasteiger partial charge >= 0.3 is 6.18 Å². The fourth-order valence-corrected chi connectivity index (χ4v) is 3.19. The van der Waals surface area contributed by atoms with Gasteiger partial charge in [0.1, 0.15) is 11.5 Å². The normalized spacial score (nSPS) is 12.7. The maximum absolute atomic E-state index is 13.2. The molecule has 2 aromatic carbocycles. The second-order valence-corrected chi connectivity index (χ2v) is 7.28. The maximum Gasteiger partial charge on any atom is 0.416 e. The number of hydrogen-bond donors (Lipinski definition) is 1. The van der Waals surface area contributed by atoms with Crippen molar-refractivity contribution in [2.24, 2.45) is 5.73 Å². The highest BCUT2D eigenvalue weighted by Gasteiger charge is 2.32. The van der Waals surface area contributed by atoms with E-state index < -0.39 is 23.6 Å². The summed E-state index contributed by atoms with van der Waals surface area (Å²) in [5.74, 6) is -0.601. The van der Waals surface area contributed by atoms with Crippen LogP contribution in [0.15, 0.2) is 41.3 Å². The van der Waals surface area contributed by atoms with E-state index >= 15 is 0 Å². The standard InChI is InChI=1S/C18H17ClF3NO2S/c1-3-26-14-4-5-16(15(19)9-14)25-13-7-11(10(2)17(23)24)6-12(8-13)18(20,21)22/h4-10H,3H2,1-2H3,(H2,23,24). The minimum absolute atomic E-state index is 0.0688. The molecule has 2 aromatic rings. The Morgan fingerprint density at radius 1 is 1.27 bits per heavy atom. The highest BCUT2D eigenvalue weighted by Crippen LogP contribution is 2.38. The monoisotopic (exact) mass is 403 g/mol. The molecular weight excluding hydrogens is 387 g/mol. The van der Waals surface area contributed by atoms with Crippen molar-refractivity contribution in [3.8, 4) is 11.5 Å². The van der Waals surface area contributed by atoms with Crippen LogP contribution < -0.4 is 10.5 Å². The molecule has 3 nitrogen and oxygen atoms in total. The lowest BCUT2D eigenvalue weighted by atomic mass is 9.98. The van der Waals surface area contributed by atoms with Crippen LogP contribution in [0.25, 0.3) is 0 Å². The lowest BCUT2D eigenvalue weighted by Gasteiger charge is -2.16. The molecule has 2 rings (SSSR count). The van der Waals surface area contributed by atoms with Crippen molar-refractivity contribution in [2.75, 3.05) is 5.75 Å². The molecule has 1 atom stereocenters. The Kier molecular flexibility index (Phi) is 6.47. The van der Waals surface area contributed by atoms with Crippen LogP contribution in [-0.4, -0.2) is 11.7 Å². The van der Waals surface area contributed by atoms with E-state index in [1.807, 2.05) is 6.92 Å². The summed E-state index contributed by atoms with van der Waals surface area (Å²) in [6.07, 6.45) is -4.59. The Morgan fingerprint density at radius 2 is 1.96 bits per heavy atom. The zero-order valence-electron chi connectivity index (χ0n) is 14.1. The fraction of sp³-hybridized carbons (Fsp3) is 0.278. The number of rotatable bonds is 6. The van der Waals surface area contributed by atoms with Crippen molar-refractivity contribution in [2.45, 2.75) is 30.8 Å². The lowest BCUT2D eigenvalue weighted by Crippen LogP contribution is -2.19. The summed E-state index contributed by atoms with van der Waals surface area (Å²) < 4.78 is 45.1. The van der Waals surface area contributed by atoms with Gasteiger partial charge in [-0.15, -0.1) is 11.8 Å². The van der Waals surface area contributed by atoms with Crippen LogP contribution in [0.2, 0.25) is 5.02 Å². The van der Waals surface area contributed by atoms with E-state index in [1.54, 1.807) is 30.0 Å². The molecule has 0 fully saturated rings. The smallest absolute Gasteiger partial charge is 0.416 e.